The molecular formula is C14H22N2O8. The van der Waals surface area contributed by atoms with Crippen LogP contribution >= 0.6 is 0 Å². The average Bonchev–Trinajstić information content (AvgIpc) is 2.56. The Labute approximate surface area is 138 Å². The number of hydrogen-bond acceptors (Lipinski definition) is 9. The van der Waals surface area contributed by atoms with Gasteiger partial charge >= 0.3 is 0 Å². The van der Waals surface area contributed by atoms with E-state index < -0.39 is 42.5 Å². The van der Waals surface area contributed by atoms with Crippen LogP contribution in [0.4, 0.5) is 11.4 Å². The highest BCUT2D eigenvalue weighted by atomic mass is 16.8. The first-order valence-electron chi connectivity index (χ1n) is 7.46. The molecule has 1 unspecified atom stereocenters. The number of anilines is 1. The standard InChI is InChI=1S/C14H22N2O8/c1-2-23-7-3-4-8(9(5-7)16(21)22)15-14-13(20)12(19)11(18)10(6-17)24-14/h3-5,10-21H,2,6H2,1H3/t10-,11-,12+,13+,14+/m1/s1. The third kappa shape index (κ3) is 3.94. The van der Waals surface area contributed by atoms with Crippen LogP contribution in [0.15, 0.2) is 18.2 Å². The second-order valence-corrected chi connectivity index (χ2v) is 5.34. The third-order valence-corrected chi connectivity index (χ3v) is 3.72. The number of aliphatic hydroxyl groups is 4. The van der Waals surface area contributed by atoms with E-state index in [-0.39, 0.29) is 11.4 Å². The number of quaternary nitrogens is 1. The molecule has 136 valence electrons. The van der Waals surface area contributed by atoms with Gasteiger partial charge in [-0.3, -0.25) is 0 Å². The van der Waals surface area contributed by atoms with Crippen LogP contribution in [0.2, 0.25) is 0 Å². The molecule has 1 aliphatic rings. The summed E-state index contributed by atoms with van der Waals surface area (Å²) in [6.45, 7) is 1.57. The smallest absolute Gasteiger partial charge is 0.190 e. The highest BCUT2D eigenvalue weighted by Gasteiger charge is 2.43. The van der Waals surface area contributed by atoms with Crippen molar-refractivity contribution in [2.24, 2.45) is 0 Å². The van der Waals surface area contributed by atoms with Gasteiger partial charge < -0.3 is 40.4 Å². The van der Waals surface area contributed by atoms with Crippen LogP contribution in [0.25, 0.3) is 0 Å². The lowest BCUT2D eigenvalue weighted by atomic mass is 9.98. The molecule has 24 heavy (non-hydrogen) atoms. The highest BCUT2D eigenvalue weighted by molar-refractivity contribution is 5.64. The van der Waals surface area contributed by atoms with Crippen molar-refractivity contribution in [1.82, 2.24) is 0 Å². The molecular weight excluding hydrogens is 324 g/mol. The summed E-state index contributed by atoms with van der Waals surface area (Å²) in [5, 5.41) is 60.9. The van der Waals surface area contributed by atoms with Gasteiger partial charge in [0, 0.05) is 6.07 Å². The molecule has 0 bridgehead atoms. The normalized spacial score (nSPS) is 31.5. The first kappa shape index (κ1) is 18.8. The Morgan fingerprint density at radius 1 is 1.25 bits per heavy atom. The van der Waals surface area contributed by atoms with Crippen LogP contribution in [0.3, 0.4) is 0 Å². The van der Waals surface area contributed by atoms with Crippen LogP contribution in [-0.4, -0.2) is 69.5 Å². The van der Waals surface area contributed by atoms with Gasteiger partial charge in [-0.25, -0.2) is 5.21 Å². The maximum atomic E-state index is 11.4. The topological polar surface area (TPSA) is 159 Å². The van der Waals surface area contributed by atoms with Crippen molar-refractivity contribution in [2.75, 3.05) is 18.5 Å². The van der Waals surface area contributed by atoms with Gasteiger partial charge in [-0.15, -0.1) is 0 Å². The Bertz CT molecular complexity index is 542. The van der Waals surface area contributed by atoms with Crippen LogP contribution in [0.5, 0.6) is 5.75 Å². The van der Waals surface area contributed by atoms with Gasteiger partial charge in [0.2, 0.25) is 0 Å². The minimum atomic E-state index is -1.55. The van der Waals surface area contributed by atoms with Crippen LogP contribution in [0.1, 0.15) is 6.92 Å². The number of benzene rings is 1. The predicted octanol–water partition coefficient (Wildman–Crippen LogP) is -2.30. The van der Waals surface area contributed by atoms with Crippen molar-refractivity contribution in [3.63, 3.8) is 0 Å². The van der Waals surface area contributed by atoms with Crippen molar-refractivity contribution in [2.45, 2.75) is 37.6 Å². The summed E-state index contributed by atoms with van der Waals surface area (Å²) >= 11 is 0. The second-order valence-electron chi connectivity index (χ2n) is 5.34. The minimum Gasteiger partial charge on any atom is -0.595 e. The summed E-state index contributed by atoms with van der Waals surface area (Å²) in [7, 11) is 0. The predicted molar refractivity (Wildman–Crippen MR) is 80.8 cm³/mol. The summed E-state index contributed by atoms with van der Waals surface area (Å²) < 4.78 is 10.6. The maximum Gasteiger partial charge on any atom is 0.190 e. The lowest BCUT2D eigenvalue weighted by molar-refractivity contribution is -0.990. The van der Waals surface area contributed by atoms with Crippen molar-refractivity contribution < 1.29 is 40.3 Å². The van der Waals surface area contributed by atoms with E-state index in [0.717, 1.165) is 0 Å². The molecule has 0 radical (unpaired) electrons. The van der Waals surface area contributed by atoms with E-state index in [1.807, 2.05) is 0 Å². The molecule has 1 saturated heterocycles. The molecule has 6 atom stereocenters. The van der Waals surface area contributed by atoms with E-state index in [1.54, 1.807) is 13.0 Å². The molecule has 1 aromatic carbocycles. The van der Waals surface area contributed by atoms with Gasteiger partial charge in [0.15, 0.2) is 11.9 Å². The molecule has 0 aromatic heterocycles. The Kier molecular flexibility index (Phi) is 6.32. The van der Waals surface area contributed by atoms with Gasteiger partial charge in [-0.2, -0.15) is 5.23 Å². The fourth-order valence-electron chi connectivity index (χ4n) is 2.46. The second kappa shape index (κ2) is 8.05. The van der Waals surface area contributed by atoms with Gasteiger partial charge in [0.25, 0.3) is 0 Å². The van der Waals surface area contributed by atoms with Gasteiger partial charge in [0.1, 0.15) is 35.9 Å². The van der Waals surface area contributed by atoms with Crippen molar-refractivity contribution in [3.05, 3.63) is 23.4 Å². The number of hydrogen-bond donors (Lipinski definition) is 7. The number of rotatable bonds is 6. The van der Waals surface area contributed by atoms with Crippen molar-refractivity contribution in [3.8, 4) is 5.75 Å². The lowest BCUT2D eigenvalue weighted by Crippen LogP contribution is -2.99. The number of ether oxygens (including phenoxy) is 2. The average molecular weight is 346 g/mol. The van der Waals surface area contributed by atoms with E-state index in [2.05, 4.69) is 5.32 Å². The van der Waals surface area contributed by atoms with Crippen molar-refractivity contribution in [1.29, 1.82) is 0 Å². The Morgan fingerprint density at radius 2 is 1.96 bits per heavy atom. The number of nitrogens with one attached hydrogen (secondary N) is 2. The molecule has 1 aliphatic heterocycles. The van der Waals surface area contributed by atoms with Gasteiger partial charge in [-0.1, -0.05) is 0 Å². The lowest BCUT2D eigenvalue weighted by Gasteiger charge is -2.40. The summed E-state index contributed by atoms with van der Waals surface area (Å²) in [6, 6.07) is 4.30. The van der Waals surface area contributed by atoms with E-state index in [4.69, 9.17) is 9.47 Å². The summed E-state index contributed by atoms with van der Waals surface area (Å²) in [5.74, 6) is 0.370. The zero-order valence-electron chi connectivity index (χ0n) is 13.0. The Balaban J connectivity index is 2.22. The quantitative estimate of drug-likeness (QED) is 0.281. The van der Waals surface area contributed by atoms with E-state index in [9.17, 15) is 30.8 Å². The maximum absolute atomic E-state index is 11.4. The Hall–Kier alpha value is -1.50. The molecule has 1 heterocycles. The fourth-order valence-corrected chi connectivity index (χ4v) is 2.46. The summed E-state index contributed by atoms with van der Waals surface area (Å²) in [4.78, 5) is 0. The molecule has 0 saturated carbocycles. The first-order valence-corrected chi connectivity index (χ1v) is 7.46. The van der Waals surface area contributed by atoms with E-state index in [0.29, 0.717) is 12.4 Å². The largest absolute Gasteiger partial charge is 0.595 e. The first-order chi connectivity index (χ1) is 11.4. The third-order valence-electron chi connectivity index (χ3n) is 3.72. The highest BCUT2D eigenvalue weighted by Crippen LogP contribution is 2.28. The van der Waals surface area contributed by atoms with Crippen LogP contribution in [-0.2, 0) is 4.74 Å². The molecule has 0 aliphatic carbocycles. The molecule has 0 spiro atoms. The van der Waals surface area contributed by atoms with Gasteiger partial charge in [0.05, 0.1) is 13.2 Å². The fraction of sp³-hybridized carbons (Fsp3) is 0.571. The Morgan fingerprint density at radius 3 is 2.54 bits per heavy atom. The molecule has 2 rings (SSSR count). The molecule has 7 N–H and O–H groups in total. The zero-order valence-corrected chi connectivity index (χ0v) is 13.0. The van der Waals surface area contributed by atoms with E-state index >= 15 is 0 Å². The zero-order chi connectivity index (χ0) is 17.9. The monoisotopic (exact) mass is 346 g/mol. The van der Waals surface area contributed by atoms with Crippen molar-refractivity contribution >= 4 is 11.4 Å². The SMILES string of the molecule is CCOc1ccc(N[C@H]2O[C@H](CO)[C@@H](O)[C@H](O)[C@@H]2O)c([NH+]([O-])O)c1. The molecule has 1 aromatic rings. The molecule has 1 fully saturated rings. The molecule has 10 heteroatoms. The summed E-state index contributed by atoms with van der Waals surface area (Å²) in [5.41, 5.74) is 0.0215. The van der Waals surface area contributed by atoms with Crippen LogP contribution < -0.4 is 15.3 Å². The summed E-state index contributed by atoms with van der Waals surface area (Å²) in [6.07, 6.45) is -6.85. The van der Waals surface area contributed by atoms with E-state index in [1.165, 1.54) is 12.1 Å². The van der Waals surface area contributed by atoms with Gasteiger partial charge in [-0.05, 0) is 19.1 Å². The molecule has 0 amide bonds. The minimum absolute atomic E-state index is 0.113. The molecule has 10 nitrogen and oxygen atoms in total. The number of aliphatic hydroxyl groups excluding tert-OH is 4. The van der Waals surface area contributed by atoms with Crippen LogP contribution in [0, 0.1) is 5.21 Å².